The van der Waals surface area contributed by atoms with Gasteiger partial charge in [-0.05, 0) is 24.7 Å². The Hall–Kier alpha value is -2.20. The molecule has 0 aromatic rings. The molecule has 0 amide bonds. The van der Waals surface area contributed by atoms with E-state index in [4.69, 9.17) is 23.7 Å². The van der Waals surface area contributed by atoms with Crippen LogP contribution in [0.15, 0.2) is 0 Å². The van der Waals surface area contributed by atoms with Gasteiger partial charge in [-0.15, -0.1) is 0 Å². The van der Waals surface area contributed by atoms with E-state index in [2.05, 4.69) is 0 Å². The summed E-state index contributed by atoms with van der Waals surface area (Å²) in [7, 11) is 0. The third-order valence-corrected chi connectivity index (χ3v) is 9.22. The molecule has 10 atom stereocenters. The molecular weight excluding hydrogens is 424 g/mol. The van der Waals surface area contributed by atoms with Crippen LogP contribution in [-0.4, -0.2) is 64.8 Å². The molecule has 6 rings (SSSR count). The molecule has 0 aromatic heterocycles. The quantitative estimate of drug-likeness (QED) is 0.437. The van der Waals surface area contributed by atoms with Gasteiger partial charge in [-0.1, -0.05) is 20.8 Å². The molecular formula is C22H26O10. The van der Waals surface area contributed by atoms with Gasteiger partial charge in [-0.25, -0.2) is 9.59 Å². The Labute approximate surface area is 183 Å². The van der Waals surface area contributed by atoms with Crippen LogP contribution in [0.4, 0.5) is 0 Å². The molecule has 6 fully saturated rings. The number of fused-ring (bicyclic) bond motifs is 1. The Morgan fingerprint density at radius 2 is 1.78 bits per heavy atom. The average molecular weight is 450 g/mol. The van der Waals surface area contributed by atoms with Crippen molar-refractivity contribution in [3.05, 3.63) is 0 Å². The molecule has 6 aliphatic rings. The summed E-state index contributed by atoms with van der Waals surface area (Å²) >= 11 is 0. The molecule has 32 heavy (non-hydrogen) atoms. The van der Waals surface area contributed by atoms with Crippen molar-refractivity contribution < 1.29 is 48.0 Å². The zero-order valence-corrected chi connectivity index (χ0v) is 18.5. The number of aliphatic hydroxyl groups is 1. The Balaban J connectivity index is 1.67. The maximum absolute atomic E-state index is 13.5. The lowest BCUT2D eigenvalue weighted by Crippen LogP contribution is -2.66. The van der Waals surface area contributed by atoms with Crippen LogP contribution in [-0.2, 0) is 42.9 Å². The smallest absolute Gasteiger partial charge is 0.350 e. The molecule has 0 radical (unpaired) electrons. The second-order valence-electron chi connectivity index (χ2n) is 11.2. The molecule has 1 N–H and O–H groups in total. The number of carbonyl (C=O) groups is 4. The third kappa shape index (κ3) is 1.63. The average Bonchev–Trinajstić information content (AvgIpc) is 3.37. The van der Waals surface area contributed by atoms with Crippen LogP contribution in [0.25, 0.3) is 0 Å². The summed E-state index contributed by atoms with van der Waals surface area (Å²) < 4.78 is 28.9. The van der Waals surface area contributed by atoms with E-state index in [1.807, 2.05) is 20.8 Å². The molecule has 2 spiro atoms. The molecule has 0 unspecified atom stereocenters. The van der Waals surface area contributed by atoms with E-state index in [0.29, 0.717) is 6.42 Å². The van der Waals surface area contributed by atoms with Gasteiger partial charge in [0, 0.05) is 13.3 Å². The number of ether oxygens (including phenoxy) is 5. The fraction of sp³-hybridized carbons (Fsp3) is 0.818. The van der Waals surface area contributed by atoms with Crippen molar-refractivity contribution in [3.8, 4) is 0 Å². The monoisotopic (exact) mass is 450 g/mol. The normalized spacial score (nSPS) is 54.5. The maximum Gasteiger partial charge on any atom is 0.350 e. The van der Waals surface area contributed by atoms with Crippen molar-refractivity contribution in [1.82, 2.24) is 0 Å². The van der Waals surface area contributed by atoms with E-state index < -0.39 is 81.8 Å². The predicted octanol–water partition coefficient (Wildman–Crippen LogP) is 0.231. The van der Waals surface area contributed by atoms with Gasteiger partial charge in [0.05, 0.1) is 16.7 Å². The van der Waals surface area contributed by atoms with E-state index in [9.17, 15) is 24.3 Å². The van der Waals surface area contributed by atoms with Gasteiger partial charge in [0.2, 0.25) is 18.0 Å². The highest BCUT2D eigenvalue weighted by molar-refractivity contribution is 5.93. The molecule has 2 aliphatic carbocycles. The fourth-order valence-corrected chi connectivity index (χ4v) is 8.35. The fourth-order valence-electron chi connectivity index (χ4n) is 8.35. The third-order valence-electron chi connectivity index (χ3n) is 9.22. The Bertz CT molecular complexity index is 999. The van der Waals surface area contributed by atoms with Gasteiger partial charge in [-0.2, -0.15) is 0 Å². The summed E-state index contributed by atoms with van der Waals surface area (Å²) in [4.78, 5) is 51.0. The number of rotatable bonds is 1. The van der Waals surface area contributed by atoms with Gasteiger partial charge in [0.25, 0.3) is 0 Å². The molecule has 0 bridgehead atoms. The van der Waals surface area contributed by atoms with E-state index in [1.54, 1.807) is 0 Å². The first-order valence-electron chi connectivity index (χ1n) is 11.0. The first-order chi connectivity index (χ1) is 14.8. The van der Waals surface area contributed by atoms with Crippen LogP contribution in [0.2, 0.25) is 0 Å². The lowest BCUT2D eigenvalue weighted by Gasteiger charge is -2.47. The lowest BCUT2D eigenvalue weighted by atomic mass is 9.51. The van der Waals surface area contributed by atoms with Crippen molar-refractivity contribution >= 4 is 23.9 Å². The summed E-state index contributed by atoms with van der Waals surface area (Å²) in [6.07, 6.45) is -3.93. The van der Waals surface area contributed by atoms with Gasteiger partial charge >= 0.3 is 23.9 Å². The SMILES string of the molecule is CC(=O)O[C@H]1C(=O)O[C@@H]2O[C@@]34C(=O)O[C@@H]5C[C@@H](C(C)(C)C)[C@@]21[C@]53C[C@@H]1OC(=O)[C@@H](C)[C@@]14O. The minimum Gasteiger partial charge on any atom is -0.459 e. The largest absolute Gasteiger partial charge is 0.459 e. The van der Waals surface area contributed by atoms with E-state index in [1.165, 1.54) is 13.8 Å². The highest BCUT2D eigenvalue weighted by Crippen LogP contribution is 2.84. The topological polar surface area (TPSA) is 135 Å². The molecule has 10 nitrogen and oxygen atoms in total. The summed E-state index contributed by atoms with van der Waals surface area (Å²) in [5, 5.41) is 12.0. The zero-order valence-electron chi connectivity index (χ0n) is 18.5. The number of hydrogen-bond donors (Lipinski definition) is 1. The van der Waals surface area contributed by atoms with Gasteiger partial charge in [0.15, 0.2) is 5.60 Å². The van der Waals surface area contributed by atoms with Gasteiger partial charge < -0.3 is 28.8 Å². The molecule has 2 saturated carbocycles. The molecule has 10 heteroatoms. The summed E-state index contributed by atoms with van der Waals surface area (Å²) in [5.74, 6) is -4.25. The predicted molar refractivity (Wildman–Crippen MR) is 100 cm³/mol. The minimum absolute atomic E-state index is 0.0352. The number of esters is 4. The summed E-state index contributed by atoms with van der Waals surface area (Å²) in [5.41, 5.74) is -6.99. The Morgan fingerprint density at radius 3 is 2.41 bits per heavy atom. The molecule has 4 aliphatic heterocycles. The van der Waals surface area contributed by atoms with E-state index in [-0.39, 0.29) is 12.3 Å². The van der Waals surface area contributed by atoms with Crippen molar-refractivity contribution in [1.29, 1.82) is 0 Å². The Kier molecular flexibility index (Phi) is 3.38. The van der Waals surface area contributed by atoms with Crippen molar-refractivity contribution in [3.63, 3.8) is 0 Å². The van der Waals surface area contributed by atoms with Gasteiger partial charge in [-0.3, -0.25) is 9.59 Å². The van der Waals surface area contributed by atoms with Crippen LogP contribution in [0, 0.1) is 28.1 Å². The van der Waals surface area contributed by atoms with Gasteiger partial charge in [0.1, 0.15) is 12.2 Å². The second kappa shape index (κ2) is 5.30. The standard InChI is InChI=1S/C22H26O10/c1-8-14(24)29-12-7-19-11-6-10(18(3,4)5)20(19)13(28-9(2)23)15(25)31-17(20)32-22(19,16(26)30-11)21(8,12)27/h8,10-13,17,27H,6-7H2,1-5H3/t8-,10+,11-,12+,13+,17-,19+,20+,21-,22+/m1/s1. The number of hydrogen-bond acceptors (Lipinski definition) is 10. The second-order valence-corrected chi connectivity index (χ2v) is 11.2. The zero-order chi connectivity index (χ0) is 23.2. The van der Waals surface area contributed by atoms with Crippen LogP contribution in [0.5, 0.6) is 0 Å². The molecule has 4 saturated heterocycles. The van der Waals surface area contributed by atoms with E-state index >= 15 is 0 Å². The van der Waals surface area contributed by atoms with Crippen molar-refractivity contribution in [2.75, 3.05) is 0 Å². The van der Waals surface area contributed by atoms with Crippen LogP contribution >= 0.6 is 0 Å². The molecule has 4 heterocycles. The Morgan fingerprint density at radius 1 is 1.09 bits per heavy atom. The summed E-state index contributed by atoms with van der Waals surface area (Å²) in [6.45, 7) is 8.66. The van der Waals surface area contributed by atoms with Crippen LogP contribution < -0.4 is 0 Å². The van der Waals surface area contributed by atoms with Crippen LogP contribution in [0.1, 0.15) is 47.5 Å². The highest BCUT2D eigenvalue weighted by atomic mass is 16.8. The minimum atomic E-state index is -2.01. The lowest BCUT2D eigenvalue weighted by molar-refractivity contribution is -0.238. The molecule has 174 valence electrons. The first-order valence-corrected chi connectivity index (χ1v) is 11.0. The van der Waals surface area contributed by atoms with Crippen LogP contribution in [0.3, 0.4) is 0 Å². The first kappa shape index (κ1) is 20.4. The van der Waals surface area contributed by atoms with Crippen molar-refractivity contribution in [2.24, 2.45) is 28.1 Å². The van der Waals surface area contributed by atoms with Crippen molar-refractivity contribution in [2.45, 2.75) is 83.3 Å². The van der Waals surface area contributed by atoms with E-state index in [0.717, 1.165) is 0 Å². The molecule has 0 aromatic carbocycles. The summed E-state index contributed by atoms with van der Waals surface area (Å²) in [6, 6.07) is 0. The number of carbonyl (C=O) groups excluding carboxylic acids is 4. The highest BCUT2D eigenvalue weighted by Gasteiger charge is 3.01. The maximum atomic E-state index is 13.5.